The number of ether oxygens (including phenoxy) is 1. The highest BCUT2D eigenvalue weighted by Crippen LogP contribution is 2.35. The summed E-state index contributed by atoms with van der Waals surface area (Å²) in [5.74, 6) is -0.651. The Morgan fingerprint density at radius 1 is 1.33 bits per heavy atom. The molecule has 0 aliphatic carbocycles. The highest BCUT2D eigenvalue weighted by Gasteiger charge is 2.43. The van der Waals surface area contributed by atoms with Gasteiger partial charge in [-0.25, -0.2) is 0 Å². The van der Waals surface area contributed by atoms with Crippen molar-refractivity contribution < 1.29 is 19.4 Å². The second-order valence-corrected chi connectivity index (χ2v) is 7.05. The van der Waals surface area contributed by atoms with E-state index in [0.717, 1.165) is 38.9 Å². The van der Waals surface area contributed by atoms with Gasteiger partial charge in [0.1, 0.15) is 0 Å². The third kappa shape index (κ3) is 4.36. The lowest BCUT2D eigenvalue weighted by Crippen LogP contribution is -2.52. The summed E-state index contributed by atoms with van der Waals surface area (Å²) in [7, 11) is 1.70. The number of rotatable bonds is 7. The van der Waals surface area contributed by atoms with E-state index in [4.69, 9.17) is 4.74 Å². The third-order valence-corrected chi connectivity index (χ3v) is 5.43. The van der Waals surface area contributed by atoms with Crippen LogP contribution in [-0.2, 0) is 14.3 Å². The van der Waals surface area contributed by atoms with Crippen LogP contribution in [-0.4, -0.2) is 73.2 Å². The molecule has 2 aliphatic rings. The van der Waals surface area contributed by atoms with E-state index in [1.165, 1.54) is 0 Å². The first-order chi connectivity index (χ1) is 11.5. The average Bonchev–Trinajstić information content (AvgIpc) is 2.60. The smallest absolute Gasteiger partial charge is 0.311 e. The SMILES string of the molecule is C=CCC1(C(=O)O)CCCN(C(=O)C2CCN(CCOC)CC2)C1. The number of hydrogen-bond acceptors (Lipinski definition) is 4. The summed E-state index contributed by atoms with van der Waals surface area (Å²) in [5, 5.41) is 9.64. The van der Waals surface area contributed by atoms with Gasteiger partial charge in [-0.1, -0.05) is 6.08 Å². The van der Waals surface area contributed by atoms with Crippen LogP contribution in [0.1, 0.15) is 32.1 Å². The molecule has 2 saturated heterocycles. The van der Waals surface area contributed by atoms with Gasteiger partial charge in [0.2, 0.25) is 5.91 Å². The highest BCUT2D eigenvalue weighted by atomic mass is 16.5. The largest absolute Gasteiger partial charge is 0.481 e. The standard InChI is InChI=1S/C18H30N2O4/c1-3-7-18(17(22)23)8-4-9-20(14-18)16(21)15-5-10-19(11-6-15)12-13-24-2/h3,15H,1,4-14H2,2H3,(H,22,23). The van der Waals surface area contributed by atoms with Gasteiger partial charge in [-0.3, -0.25) is 9.59 Å². The molecular weight excluding hydrogens is 308 g/mol. The summed E-state index contributed by atoms with van der Waals surface area (Å²) in [6.07, 6.45) is 5.14. The second kappa shape index (κ2) is 8.62. The Hall–Kier alpha value is -1.40. The number of likely N-dealkylation sites (tertiary alicyclic amines) is 2. The van der Waals surface area contributed by atoms with E-state index in [2.05, 4.69) is 11.5 Å². The lowest BCUT2D eigenvalue weighted by atomic mass is 9.76. The fraction of sp³-hybridized carbons (Fsp3) is 0.778. The summed E-state index contributed by atoms with van der Waals surface area (Å²) in [5.41, 5.74) is -0.852. The molecule has 0 radical (unpaired) electrons. The maximum absolute atomic E-state index is 12.9. The van der Waals surface area contributed by atoms with Gasteiger partial charge in [0.05, 0.1) is 12.0 Å². The quantitative estimate of drug-likeness (QED) is 0.714. The van der Waals surface area contributed by atoms with Gasteiger partial charge in [0.25, 0.3) is 0 Å². The lowest BCUT2D eigenvalue weighted by molar-refractivity contribution is -0.156. The Labute approximate surface area is 144 Å². The molecule has 1 unspecified atom stereocenters. The molecule has 0 aromatic carbocycles. The van der Waals surface area contributed by atoms with Gasteiger partial charge in [-0.2, -0.15) is 0 Å². The van der Waals surface area contributed by atoms with Crippen molar-refractivity contribution in [1.29, 1.82) is 0 Å². The normalized spacial score (nSPS) is 26.3. The van der Waals surface area contributed by atoms with E-state index in [0.29, 0.717) is 32.5 Å². The third-order valence-electron chi connectivity index (χ3n) is 5.43. The van der Waals surface area contributed by atoms with Crippen LogP contribution in [0.25, 0.3) is 0 Å². The molecule has 0 spiro atoms. The van der Waals surface area contributed by atoms with E-state index < -0.39 is 11.4 Å². The number of piperidine rings is 2. The molecule has 0 aromatic heterocycles. The van der Waals surface area contributed by atoms with Crippen molar-refractivity contribution in [2.45, 2.75) is 32.1 Å². The molecule has 6 heteroatoms. The molecule has 2 heterocycles. The van der Waals surface area contributed by atoms with Crippen molar-refractivity contribution in [1.82, 2.24) is 9.80 Å². The molecule has 0 aromatic rings. The molecule has 0 bridgehead atoms. The molecule has 2 rings (SSSR count). The zero-order valence-electron chi connectivity index (χ0n) is 14.7. The number of amides is 1. The van der Waals surface area contributed by atoms with E-state index in [1.54, 1.807) is 18.1 Å². The molecule has 2 fully saturated rings. The molecule has 136 valence electrons. The molecule has 1 N–H and O–H groups in total. The van der Waals surface area contributed by atoms with Crippen molar-refractivity contribution in [3.05, 3.63) is 12.7 Å². The summed E-state index contributed by atoms with van der Waals surface area (Å²) in [6, 6.07) is 0. The Morgan fingerprint density at radius 3 is 2.62 bits per heavy atom. The maximum atomic E-state index is 12.9. The average molecular weight is 338 g/mol. The fourth-order valence-electron chi connectivity index (χ4n) is 3.91. The Balaban J connectivity index is 1.92. The van der Waals surface area contributed by atoms with Crippen molar-refractivity contribution in [3.63, 3.8) is 0 Å². The number of nitrogens with zero attached hydrogens (tertiary/aromatic N) is 2. The first-order valence-corrected chi connectivity index (χ1v) is 8.87. The molecule has 1 amide bonds. The van der Waals surface area contributed by atoms with Crippen LogP contribution in [0.2, 0.25) is 0 Å². The van der Waals surface area contributed by atoms with E-state index in [-0.39, 0.29) is 11.8 Å². The van der Waals surface area contributed by atoms with Crippen LogP contribution in [0.15, 0.2) is 12.7 Å². The summed E-state index contributed by atoms with van der Waals surface area (Å²) < 4.78 is 5.10. The first-order valence-electron chi connectivity index (χ1n) is 8.87. The van der Waals surface area contributed by atoms with E-state index >= 15 is 0 Å². The van der Waals surface area contributed by atoms with Crippen LogP contribution in [0.4, 0.5) is 0 Å². The van der Waals surface area contributed by atoms with Crippen molar-refractivity contribution >= 4 is 11.9 Å². The van der Waals surface area contributed by atoms with Crippen LogP contribution in [0.5, 0.6) is 0 Å². The van der Waals surface area contributed by atoms with Gasteiger partial charge in [-0.05, 0) is 45.2 Å². The van der Waals surface area contributed by atoms with Gasteiger partial charge in [0, 0.05) is 32.7 Å². The molecular formula is C18H30N2O4. The fourth-order valence-corrected chi connectivity index (χ4v) is 3.91. The minimum atomic E-state index is -0.852. The number of methoxy groups -OCH3 is 1. The van der Waals surface area contributed by atoms with Crippen LogP contribution in [0, 0.1) is 11.3 Å². The molecule has 1 atom stereocenters. The second-order valence-electron chi connectivity index (χ2n) is 7.05. The number of carboxylic acid groups (broad SMARTS) is 1. The number of hydrogen-bond donors (Lipinski definition) is 1. The Bertz CT molecular complexity index is 460. The van der Waals surface area contributed by atoms with Crippen molar-refractivity contribution in [2.75, 3.05) is 46.4 Å². The van der Waals surface area contributed by atoms with E-state index in [1.807, 2.05) is 0 Å². The van der Waals surface area contributed by atoms with Gasteiger partial charge < -0.3 is 19.6 Å². The Morgan fingerprint density at radius 2 is 2.04 bits per heavy atom. The van der Waals surface area contributed by atoms with Crippen molar-refractivity contribution in [3.8, 4) is 0 Å². The Kier molecular flexibility index (Phi) is 6.80. The number of allylic oxidation sites excluding steroid dienone is 1. The minimum Gasteiger partial charge on any atom is -0.481 e. The van der Waals surface area contributed by atoms with Crippen molar-refractivity contribution in [2.24, 2.45) is 11.3 Å². The van der Waals surface area contributed by atoms with Crippen LogP contribution >= 0.6 is 0 Å². The zero-order valence-corrected chi connectivity index (χ0v) is 14.7. The topological polar surface area (TPSA) is 70.1 Å². The van der Waals surface area contributed by atoms with Crippen LogP contribution in [0.3, 0.4) is 0 Å². The minimum absolute atomic E-state index is 0.0251. The van der Waals surface area contributed by atoms with Gasteiger partial charge in [-0.15, -0.1) is 6.58 Å². The molecule has 0 saturated carbocycles. The summed E-state index contributed by atoms with van der Waals surface area (Å²) in [6.45, 7) is 8.12. The predicted octanol–water partition coefficient (Wildman–Crippen LogP) is 1.61. The number of aliphatic carboxylic acids is 1. The molecule has 6 nitrogen and oxygen atoms in total. The summed E-state index contributed by atoms with van der Waals surface area (Å²) >= 11 is 0. The summed E-state index contributed by atoms with van der Waals surface area (Å²) in [4.78, 5) is 28.7. The van der Waals surface area contributed by atoms with Gasteiger partial charge >= 0.3 is 5.97 Å². The predicted molar refractivity (Wildman–Crippen MR) is 91.7 cm³/mol. The van der Waals surface area contributed by atoms with E-state index in [9.17, 15) is 14.7 Å². The number of carbonyl (C=O) groups excluding carboxylic acids is 1. The highest BCUT2D eigenvalue weighted by molar-refractivity contribution is 5.81. The number of carboxylic acids is 1. The maximum Gasteiger partial charge on any atom is 0.311 e. The number of carbonyl (C=O) groups is 2. The van der Waals surface area contributed by atoms with Crippen LogP contribution < -0.4 is 0 Å². The molecule has 24 heavy (non-hydrogen) atoms. The monoisotopic (exact) mass is 338 g/mol. The molecule has 2 aliphatic heterocycles. The first kappa shape index (κ1) is 18.9. The van der Waals surface area contributed by atoms with Gasteiger partial charge in [0.15, 0.2) is 0 Å². The zero-order chi connectivity index (χ0) is 17.6. The lowest BCUT2D eigenvalue weighted by Gasteiger charge is -2.42.